The number of para-hydroxylation sites is 1. The molecule has 5 rings (SSSR count). The Labute approximate surface area is 187 Å². The van der Waals surface area contributed by atoms with Crippen LogP contribution in [0.15, 0.2) is 85.1 Å². The first-order valence-electron chi connectivity index (χ1n) is 11.0. The maximum atomic E-state index is 13.3. The third-order valence-corrected chi connectivity index (χ3v) is 6.17. The van der Waals surface area contributed by atoms with E-state index in [1.54, 1.807) is 4.90 Å². The first kappa shape index (κ1) is 20.1. The molecule has 0 saturated carbocycles. The summed E-state index contributed by atoms with van der Waals surface area (Å²) in [5, 5.41) is 4.26. The Kier molecular flexibility index (Phi) is 5.46. The number of hydrogen-bond donors (Lipinski definition) is 2. The van der Waals surface area contributed by atoms with Crippen LogP contribution in [0.25, 0.3) is 10.9 Å². The highest BCUT2D eigenvalue weighted by Crippen LogP contribution is 2.26. The SMILES string of the molecule is O=C(NCCc1c[nH]c2ccccc12)[C@H](Cc1ccccc1)N1Cc2ccccc2C1=O. The van der Waals surface area contributed by atoms with Crippen LogP contribution in [0.3, 0.4) is 0 Å². The summed E-state index contributed by atoms with van der Waals surface area (Å²) in [5.41, 5.74) is 4.97. The molecule has 0 aliphatic carbocycles. The molecule has 1 aliphatic heterocycles. The average molecular weight is 424 g/mol. The van der Waals surface area contributed by atoms with Crippen LogP contribution < -0.4 is 5.32 Å². The van der Waals surface area contributed by atoms with Crippen molar-refractivity contribution < 1.29 is 9.59 Å². The molecule has 3 aromatic carbocycles. The number of H-pyrrole nitrogens is 1. The standard InChI is InChI=1S/C27H25N3O2/c31-26(28-15-14-20-17-29-24-13-7-6-11-22(20)24)25(16-19-8-2-1-3-9-19)30-18-21-10-4-5-12-23(21)27(30)32/h1-13,17,25,29H,14-16,18H2,(H,28,31)/t25-/m0/s1. The molecule has 4 aromatic rings. The topological polar surface area (TPSA) is 65.2 Å². The number of nitrogens with one attached hydrogen (secondary N) is 2. The zero-order chi connectivity index (χ0) is 21.9. The Balaban J connectivity index is 1.32. The van der Waals surface area contributed by atoms with Gasteiger partial charge in [-0.05, 0) is 35.2 Å². The highest BCUT2D eigenvalue weighted by atomic mass is 16.2. The predicted molar refractivity (Wildman–Crippen MR) is 125 cm³/mol. The summed E-state index contributed by atoms with van der Waals surface area (Å²) in [6, 6.07) is 25.1. The lowest BCUT2D eigenvalue weighted by atomic mass is 10.0. The third-order valence-electron chi connectivity index (χ3n) is 6.17. The molecular weight excluding hydrogens is 398 g/mol. The van der Waals surface area contributed by atoms with E-state index in [0.29, 0.717) is 25.1 Å². The van der Waals surface area contributed by atoms with E-state index in [2.05, 4.69) is 16.4 Å². The number of nitrogens with zero attached hydrogens (tertiary/aromatic N) is 1. The molecule has 2 heterocycles. The minimum atomic E-state index is -0.555. The van der Waals surface area contributed by atoms with Crippen molar-refractivity contribution in [3.8, 4) is 0 Å². The minimum absolute atomic E-state index is 0.0756. The van der Waals surface area contributed by atoms with Gasteiger partial charge in [0.25, 0.3) is 5.91 Å². The maximum Gasteiger partial charge on any atom is 0.255 e. The van der Waals surface area contributed by atoms with Gasteiger partial charge in [0, 0.05) is 42.2 Å². The number of rotatable bonds is 7. The third kappa shape index (κ3) is 3.89. The van der Waals surface area contributed by atoms with Crippen LogP contribution in [-0.4, -0.2) is 34.3 Å². The molecule has 2 N–H and O–H groups in total. The van der Waals surface area contributed by atoms with Gasteiger partial charge in [-0.3, -0.25) is 9.59 Å². The lowest BCUT2D eigenvalue weighted by Crippen LogP contribution is -2.48. The maximum absolute atomic E-state index is 13.3. The second-order valence-electron chi connectivity index (χ2n) is 8.20. The number of aromatic nitrogens is 1. The number of amides is 2. The summed E-state index contributed by atoms with van der Waals surface area (Å²) in [6.45, 7) is 0.976. The smallest absolute Gasteiger partial charge is 0.255 e. The van der Waals surface area contributed by atoms with Crippen LogP contribution in [0.2, 0.25) is 0 Å². The van der Waals surface area contributed by atoms with Crippen molar-refractivity contribution in [3.63, 3.8) is 0 Å². The summed E-state index contributed by atoms with van der Waals surface area (Å²) >= 11 is 0. The van der Waals surface area contributed by atoms with Gasteiger partial charge in [0.05, 0.1) is 0 Å². The van der Waals surface area contributed by atoms with Crippen molar-refractivity contribution in [2.75, 3.05) is 6.54 Å². The minimum Gasteiger partial charge on any atom is -0.361 e. The molecule has 0 radical (unpaired) electrons. The molecule has 1 atom stereocenters. The molecular formula is C27H25N3O2. The molecule has 5 nitrogen and oxygen atoms in total. The van der Waals surface area contributed by atoms with E-state index in [0.717, 1.165) is 23.1 Å². The van der Waals surface area contributed by atoms with Gasteiger partial charge in [-0.25, -0.2) is 0 Å². The molecule has 0 spiro atoms. The summed E-state index contributed by atoms with van der Waals surface area (Å²) < 4.78 is 0. The highest BCUT2D eigenvalue weighted by molar-refractivity contribution is 6.01. The molecule has 32 heavy (non-hydrogen) atoms. The van der Waals surface area contributed by atoms with Crippen molar-refractivity contribution in [1.29, 1.82) is 0 Å². The zero-order valence-corrected chi connectivity index (χ0v) is 17.8. The number of benzene rings is 3. The second kappa shape index (κ2) is 8.71. The summed E-state index contributed by atoms with van der Waals surface area (Å²) in [7, 11) is 0. The van der Waals surface area contributed by atoms with E-state index in [1.807, 2.05) is 79.0 Å². The lowest BCUT2D eigenvalue weighted by Gasteiger charge is -2.27. The first-order valence-corrected chi connectivity index (χ1v) is 11.0. The van der Waals surface area contributed by atoms with E-state index >= 15 is 0 Å². The normalized spacial score (nSPS) is 13.9. The van der Waals surface area contributed by atoms with E-state index < -0.39 is 6.04 Å². The molecule has 5 heteroatoms. The number of fused-ring (bicyclic) bond motifs is 2. The van der Waals surface area contributed by atoms with Gasteiger partial charge < -0.3 is 15.2 Å². The zero-order valence-electron chi connectivity index (χ0n) is 17.8. The fourth-order valence-electron chi connectivity index (χ4n) is 4.49. The van der Waals surface area contributed by atoms with Gasteiger partial charge in [-0.15, -0.1) is 0 Å². The lowest BCUT2D eigenvalue weighted by molar-refractivity contribution is -0.125. The summed E-state index contributed by atoms with van der Waals surface area (Å²) in [4.78, 5) is 31.4. The summed E-state index contributed by atoms with van der Waals surface area (Å²) in [5.74, 6) is -0.192. The monoisotopic (exact) mass is 423 g/mol. The Hall–Kier alpha value is -3.86. The van der Waals surface area contributed by atoms with Crippen LogP contribution >= 0.6 is 0 Å². The molecule has 0 bridgehead atoms. The molecule has 2 amide bonds. The molecule has 160 valence electrons. The fourth-order valence-corrected chi connectivity index (χ4v) is 4.49. The van der Waals surface area contributed by atoms with E-state index in [9.17, 15) is 9.59 Å². The Morgan fingerprint density at radius 2 is 1.72 bits per heavy atom. The predicted octanol–water partition coefficient (Wildman–Crippen LogP) is 4.09. The molecule has 1 aromatic heterocycles. The summed E-state index contributed by atoms with van der Waals surface area (Å²) in [6.07, 6.45) is 3.21. The van der Waals surface area contributed by atoms with Crippen molar-refractivity contribution in [3.05, 3.63) is 107 Å². The van der Waals surface area contributed by atoms with Gasteiger partial charge in [0.2, 0.25) is 5.91 Å². The highest BCUT2D eigenvalue weighted by Gasteiger charge is 2.36. The molecule has 0 unspecified atom stereocenters. The van der Waals surface area contributed by atoms with Gasteiger partial charge >= 0.3 is 0 Å². The van der Waals surface area contributed by atoms with Crippen molar-refractivity contribution >= 4 is 22.7 Å². The Bertz CT molecular complexity index is 1260. The molecule has 1 aliphatic rings. The van der Waals surface area contributed by atoms with Gasteiger partial charge in [-0.2, -0.15) is 0 Å². The largest absolute Gasteiger partial charge is 0.361 e. The fraction of sp³-hybridized carbons (Fsp3) is 0.185. The van der Waals surface area contributed by atoms with Crippen molar-refractivity contribution in [2.24, 2.45) is 0 Å². The Morgan fingerprint density at radius 1 is 0.969 bits per heavy atom. The first-order chi connectivity index (χ1) is 15.7. The van der Waals surface area contributed by atoms with Crippen molar-refractivity contribution in [1.82, 2.24) is 15.2 Å². The average Bonchev–Trinajstić information content (AvgIpc) is 3.39. The van der Waals surface area contributed by atoms with Gasteiger partial charge in [0.1, 0.15) is 6.04 Å². The van der Waals surface area contributed by atoms with Crippen LogP contribution in [-0.2, 0) is 24.2 Å². The van der Waals surface area contributed by atoms with Crippen LogP contribution in [0.5, 0.6) is 0 Å². The Morgan fingerprint density at radius 3 is 2.56 bits per heavy atom. The van der Waals surface area contributed by atoms with E-state index in [1.165, 1.54) is 10.9 Å². The van der Waals surface area contributed by atoms with Gasteiger partial charge in [0.15, 0.2) is 0 Å². The number of aromatic amines is 1. The molecule has 0 saturated heterocycles. The van der Waals surface area contributed by atoms with Crippen LogP contribution in [0.1, 0.15) is 27.0 Å². The quantitative estimate of drug-likeness (QED) is 0.470. The number of carbonyl (C=O) groups is 2. The number of carbonyl (C=O) groups excluding carboxylic acids is 2. The van der Waals surface area contributed by atoms with Gasteiger partial charge in [-0.1, -0.05) is 66.7 Å². The van der Waals surface area contributed by atoms with Crippen LogP contribution in [0, 0.1) is 0 Å². The molecule has 0 fully saturated rings. The van der Waals surface area contributed by atoms with E-state index in [4.69, 9.17) is 0 Å². The van der Waals surface area contributed by atoms with Crippen molar-refractivity contribution in [2.45, 2.75) is 25.4 Å². The van der Waals surface area contributed by atoms with Crippen LogP contribution in [0.4, 0.5) is 0 Å². The number of hydrogen-bond acceptors (Lipinski definition) is 2. The van der Waals surface area contributed by atoms with E-state index in [-0.39, 0.29) is 11.8 Å². The second-order valence-corrected chi connectivity index (χ2v) is 8.20.